The van der Waals surface area contributed by atoms with E-state index in [4.69, 9.17) is 16.0 Å². The van der Waals surface area contributed by atoms with Crippen molar-refractivity contribution in [3.8, 4) is 11.5 Å². The lowest BCUT2D eigenvalue weighted by Crippen LogP contribution is -2.03. The largest absolute Gasteiger partial charge is 0.506 e. The third-order valence-corrected chi connectivity index (χ3v) is 9.61. The molecule has 1 aromatic carbocycles. The minimum Gasteiger partial charge on any atom is -0.506 e. The number of phenols is 2. The number of phenolic OH excluding ortho intramolecular Hbond substituents is 2. The molecule has 252 valence electrons. The summed E-state index contributed by atoms with van der Waals surface area (Å²) in [5.41, 5.74) is -0.159. The fourth-order valence-electron chi connectivity index (χ4n) is 6.41. The third-order valence-electron chi connectivity index (χ3n) is 9.24. The predicted octanol–water partition coefficient (Wildman–Crippen LogP) is 13.3. The average Bonchev–Trinajstić information content (AvgIpc) is 3.01. The fraction of sp³-hybridized carbons (Fsp3) is 0.769. The van der Waals surface area contributed by atoms with Crippen molar-refractivity contribution in [3.05, 3.63) is 33.1 Å². The first-order valence-corrected chi connectivity index (χ1v) is 19.1. The first-order chi connectivity index (χ1) is 21.5. The van der Waals surface area contributed by atoms with E-state index in [0.717, 1.165) is 12.8 Å². The van der Waals surface area contributed by atoms with E-state index in [9.17, 15) is 15.0 Å². The van der Waals surface area contributed by atoms with Crippen LogP contribution in [0.25, 0.3) is 11.0 Å². The predicted molar refractivity (Wildman–Crippen MR) is 189 cm³/mol. The van der Waals surface area contributed by atoms with Crippen LogP contribution in [0, 0.1) is 0 Å². The number of hydrogen-bond donors (Lipinski definition) is 2. The standard InChI is InChI=1S/C39H65ClO4/c1-2-3-4-5-6-7-8-9-10-11-12-13-14-15-16-17-18-19-20-21-22-23-24-25-26-27-28-29-30-33-31-34(41)37-36(44-33)32-35(42)38(40)39(37)43/h31-32,42-43H,2-30H2,1H3. The Balaban J connectivity index is 1.29. The molecule has 0 saturated carbocycles. The molecule has 0 fully saturated rings. The van der Waals surface area contributed by atoms with Crippen molar-refractivity contribution in [3.63, 3.8) is 0 Å². The Morgan fingerprint density at radius 2 is 0.886 bits per heavy atom. The second-order valence-corrected chi connectivity index (χ2v) is 13.7. The summed E-state index contributed by atoms with van der Waals surface area (Å²) in [7, 11) is 0. The Morgan fingerprint density at radius 3 is 1.25 bits per heavy atom. The molecule has 2 rings (SSSR count). The van der Waals surface area contributed by atoms with Crippen LogP contribution < -0.4 is 5.43 Å². The summed E-state index contributed by atoms with van der Waals surface area (Å²) in [4.78, 5) is 12.4. The van der Waals surface area contributed by atoms with Crippen LogP contribution in [0.2, 0.25) is 5.02 Å². The van der Waals surface area contributed by atoms with Crippen molar-refractivity contribution >= 4 is 22.6 Å². The molecule has 1 heterocycles. The van der Waals surface area contributed by atoms with Crippen molar-refractivity contribution in [2.75, 3.05) is 0 Å². The Kier molecular flexibility index (Phi) is 22.3. The summed E-state index contributed by atoms with van der Waals surface area (Å²) in [6.45, 7) is 2.29. The Morgan fingerprint density at radius 1 is 0.545 bits per heavy atom. The maximum atomic E-state index is 12.4. The molecule has 0 spiro atoms. The van der Waals surface area contributed by atoms with Crippen LogP contribution >= 0.6 is 11.6 Å². The van der Waals surface area contributed by atoms with Gasteiger partial charge in [-0.1, -0.05) is 192 Å². The summed E-state index contributed by atoms with van der Waals surface area (Å²) < 4.78 is 5.74. The lowest BCUT2D eigenvalue weighted by atomic mass is 10.0. The smallest absolute Gasteiger partial charge is 0.196 e. The summed E-state index contributed by atoms with van der Waals surface area (Å²) in [5.74, 6) is -0.131. The second kappa shape index (κ2) is 25.5. The normalized spacial score (nSPS) is 11.6. The molecule has 4 nitrogen and oxygen atoms in total. The summed E-state index contributed by atoms with van der Waals surface area (Å²) in [5, 5.41) is 19.7. The van der Waals surface area contributed by atoms with E-state index in [0.29, 0.717) is 12.2 Å². The van der Waals surface area contributed by atoms with E-state index in [-0.39, 0.29) is 27.2 Å². The summed E-state index contributed by atoms with van der Waals surface area (Å²) in [6.07, 6.45) is 39.4. The number of benzene rings is 1. The molecule has 0 radical (unpaired) electrons. The molecule has 2 aromatic rings. The molecule has 0 amide bonds. The quantitative estimate of drug-likeness (QED) is 0.0875. The topological polar surface area (TPSA) is 70.7 Å². The number of unbranched alkanes of at least 4 members (excludes halogenated alkanes) is 27. The van der Waals surface area contributed by atoms with Gasteiger partial charge in [-0.25, -0.2) is 0 Å². The van der Waals surface area contributed by atoms with Crippen molar-refractivity contribution in [1.82, 2.24) is 0 Å². The maximum absolute atomic E-state index is 12.4. The van der Waals surface area contributed by atoms with Crippen molar-refractivity contribution in [1.29, 1.82) is 0 Å². The van der Waals surface area contributed by atoms with Crippen molar-refractivity contribution in [2.24, 2.45) is 0 Å². The molecule has 0 unspecified atom stereocenters. The van der Waals surface area contributed by atoms with Crippen LogP contribution in [0.5, 0.6) is 11.5 Å². The first-order valence-electron chi connectivity index (χ1n) is 18.7. The highest BCUT2D eigenvalue weighted by molar-refractivity contribution is 6.34. The number of hydrogen-bond acceptors (Lipinski definition) is 4. The van der Waals surface area contributed by atoms with Gasteiger partial charge in [-0.3, -0.25) is 4.79 Å². The van der Waals surface area contributed by atoms with E-state index in [1.807, 2.05) is 0 Å². The van der Waals surface area contributed by atoms with Gasteiger partial charge in [0.1, 0.15) is 27.5 Å². The fourth-order valence-corrected chi connectivity index (χ4v) is 6.56. The molecule has 0 bridgehead atoms. The van der Waals surface area contributed by atoms with Crippen LogP contribution in [0.1, 0.15) is 192 Å². The highest BCUT2D eigenvalue weighted by Gasteiger charge is 2.16. The van der Waals surface area contributed by atoms with Crippen LogP contribution in [-0.2, 0) is 6.42 Å². The molecule has 44 heavy (non-hydrogen) atoms. The van der Waals surface area contributed by atoms with Gasteiger partial charge in [-0.05, 0) is 6.42 Å². The minimum atomic E-state index is -0.424. The first kappa shape index (κ1) is 38.5. The molecule has 0 aliphatic rings. The Bertz CT molecular complexity index is 1050. The van der Waals surface area contributed by atoms with Gasteiger partial charge in [0.2, 0.25) is 0 Å². The molecule has 0 saturated heterocycles. The van der Waals surface area contributed by atoms with Crippen LogP contribution in [0.3, 0.4) is 0 Å². The molecule has 1 aromatic heterocycles. The van der Waals surface area contributed by atoms with E-state index in [1.165, 1.54) is 179 Å². The van der Waals surface area contributed by atoms with E-state index >= 15 is 0 Å². The highest BCUT2D eigenvalue weighted by atomic mass is 35.5. The lowest BCUT2D eigenvalue weighted by molar-refractivity contribution is 0.449. The van der Waals surface area contributed by atoms with E-state index in [1.54, 1.807) is 0 Å². The number of rotatable bonds is 29. The van der Waals surface area contributed by atoms with E-state index in [2.05, 4.69) is 6.92 Å². The minimum absolute atomic E-state index is 0.0203. The van der Waals surface area contributed by atoms with Gasteiger partial charge >= 0.3 is 0 Å². The molecule has 0 aliphatic carbocycles. The van der Waals surface area contributed by atoms with Gasteiger partial charge < -0.3 is 14.6 Å². The zero-order chi connectivity index (χ0) is 31.7. The molecule has 0 aliphatic heterocycles. The zero-order valence-corrected chi connectivity index (χ0v) is 29.0. The van der Waals surface area contributed by atoms with Crippen molar-refractivity contribution in [2.45, 2.75) is 193 Å². The number of aryl methyl sites for hydroxylation is 1. The molecular weight excluding hydrogens is 568 g/mol. The molecule has 5 heteroatoms. The monoisotopic (exact) mass is 632 g/mol. The number of aromatic hydroxyl groups is 2. The summed E-state index contributed by atoms with van der Waals surface area (Å²) in [6, 6.07) is 2.72. The highest BCUT2D eigenvalue weighted by Crippen LogP contribution is 2.38. The SMILES string of the molecule is CCCCCCCCCCCCCCCCCCCCCCCCCCCCCCc1cc(=O)c2c(O)c(Cl)c(O)cc2o1. The van der Waals surface area contributed by atoms with Crippen LogP contribution in [0.15, 0.2) is 21.3 Å². The Labute approximate surface area is 274 Å². The van der Waals surface area contributed by atoms with Crippen molar-refractivity contribution < 1.29 is 14.6 Å². The second-order valence-electron chi connectivity index (χ2n) is 13.3. The molecular formula is C39H65ClO4. The van der Waals surface area contributed by atoms with Crippen LogP contribution in [-0.4, -0.2) is 10.2 Å². The lowest BCUT2D eigenvalue weighted by Gasteiger charge is -2.07. The maximum Gasteiger partial charge on any atom is 0.196 e. The van der Waals surface area contributed by atoms with Gasteiger partial charge in [-0.2, -0.15) is 0 Å². The van der Waals surface area contributed by atoms with Gasteiger partial charge in [0.05, 0.1) is 0 Å². The molecule has 0 atom stereocenters. The Hall–Kier alpha value is -1.68. The van der Waals surface area contributed by atoms with E-state index < -0.39 is 5.75 Å². The van der Waals surface area contributed by atoms with Gasteiger partial charge in [0.15, 0.2) is 11.2 Å². The average molecular weight is 633 g/mol. The zero-order valence-electron chi connectivity index (χ0n) is 28.2. The van der Waals surface area contributed by atoms with Crippen LogP contribution in [0.4, 0.5) is 0 Å². The van der Waals surface area contributed by atoms with Gasteiger partial charge in [-0.15, -0.1) is 0 Å². The van der Waals surface area contributed by atoms with Gasteiger partial charge in [0, 0.05) is 18.6 Å². The molecule has 2 N–H and O–H groups in total. The summed E-state index contributed by atoms with van der Waals surface area (Å²) >= 11 is 5.83. The third kappa shape index (κ3) is 17.1. The van der Waals surface area contributed by atoms with Gasteiger partial charge in [0.25, 0.3) is 0 Å². The number of halogens is 1. The number of fused-ring (bicyclic) bond motifs is 1.